The molecule has 3 N–H and O–H groups in total. The number of hydrogen-bond acceptors (Lipinski definition) is 4. The molecule has 0 atom stereocenters. The van der Waals surface area contributed by atoms with E-state index in [0.29, 0.717) is 17.3 Å². The summed E-state index contributed by atoms with van der Waals surface area (Å²) in [4.78, 5) is 0. The van der Waals surface area contributed by atoms with Gasteiger partial charge in [-0.15, -0.1) is 0 Å². The zero-order chi connectivity index (χ0) is 11.8. The van der Waals surface area contributed by atoms with Crippen molar-refractivity contribution in [3.05, 3.63) is 11.8 Å². The van der Waals surface area contributed by atoms with Gasteiger partial charge in [-0.2, -0.15) is 5.10 Å². The fraction of sp³-hybridized carbons (Fsp3) is 0.667. The van der Waals surface area contributed by atoms with Crippen LogP contribution < -0.4 is 10.5 Å². The molecule has 1 aliphatic rings. The van der Waals surface area contributed by atoms with Gasteiger partial charge in [-0.1, -0.05) is 0 Å². The molecule has 90 valence electrons. The summed E-state index contributed by atoms with van der Waals surface area (Å²) in [5.74, 6) is 1.07. The van der Waals surface area contributed by atoms with Crippen LogP contribution in [0.1, 0.15) is 18.4 Å². The molecule has 6 nitrogen and oxygen atoms in total. The van der Waals surface area contributed by atoms with Crippen molar-refractivity contribution >= 4 is 15.8 Å². The Labute approximate surface area is 94.9 Å². The third-order valence-electron chi connectivity index (χ3n) is 2.70. The van der Waals surface area contributed by atoms with Gasteiger partial charge >= 0.3 is 0 Å². The molecule has 1 saturated carbocycles. The van der Waals surface area contributed by atoms with E-state index in [0.717, 1.165) is 12.8 Å². The van der Waals surface area contributed by atoms with Crippen molar-refractivity contribution in [1.29, 1.82) is 0 Å². The molecule has 0 saturated heterocycles. The number of nitrogens with one attached hydrogen (secondary N) is 1. The first kappa shape index (κ1) is 11.4. The van der Waals surface area contributed by atoms with Crippen LogP contribution in [0, 0.1) is 5.92 Å². The first-order valence-electron chi connectivity index (χ1n) is 5.21. The summed E-state index contributed by atoms with van der Waals surface area (Å²) >= 11 is 0. The smallest absolute Gasteiger partial charge is 0.212 e. The number of aromatic nitrogens is 2. The summed E-state index contributed by atoms with van der Waals surface area (Å²) in [5, 5.41) is 3.95. The Morgan fingerprint density at radius 3 is 2.81 bits per heavy atom. The van der Waals surface area contributed by atoms with E-state index in [2.05, 4.69) is 9.82 Å². The van der Waals surface area contributed by atoms with E-state index in [1.807, 2.05) is 0 Å². The van der Waals surface area contributed by atoms with Crippen LogP contribution in [0.25, 0.3) is 0 Å². The second kappa shape index (κ2) is 4.06. The van der Waals surface area contributed by atoms with E-state index >= 15 is 0 Å². The monoisotopic (exact) mass is 244 g/mol. The van der Waals surface area contributed by atoms with Crippen LogP contribution in [0.5, 0.6) is 0 Å². The Bertz CT molecular complexity index is 476. The van der Waals surface area contributed by atoms with Gasteiger partial charge in [0, 0.05) is 19.2 Å². The second-order valence-electron chi connectivity index (χ2n) is 4.22. The van der Waals surface area contributed by atoms with Crippen LogP contribution in [0.3, 0.4) is 0 Å². The first-order chi connectivity index (χ1) is 7.48. The minimum atomic E-state index is -3.17. The van der Waals surface area contributed by atoms with Crippen LogP contribution in [-0.2, 0) is 23.6 Å². The lowest BCUT2D eigenvalue weighted by atomic mass is 10.3. The predicted molar refractivity (Wildman–Crippen MR) is 61.0 cm³/mol. The third-order valence-corrected chi connectivity index (χ3v) is 4.19. The average Bonchev–Trinajstić information content (AvgIpc) is 2.93. The van der Waals surface area contributed by atoms with Gasteiger partial charge in [-0.25, -0.2) is 13.1 Å². The number of hydrogen-bond donors (Lipinski definition) is 2. The Hall–Kier alpha value is -1.08. The van der Waals surface area contributed by atoms with Gasteiger partial charge < -0.3 is 5.73 Å². The van der Waals surface area contributed by atoms with Crippen molar-refractivity contribution in [3.8, 4) is 0 Å². The Morgan fingerprint density at radius 2 is 2.31 bits per heavy atom. The van der Waals surface area contributed by atoms with Crippen molar-refractivity contribution in [1.82, 2.24) is 14.5 Å². The normalized spacial score (nSPS) is 16.6. The molecule has 7 heteroatoms. The lowest BCUT2D eigenvalue weighted by Crippen LogP contribution is -2.27. The Kier molecular flexibility index (Phi) is 2.90. The maximum Gasteiger partial charge on any atom is 0.212 e. The van der Waals surface area contributed by atoms with Crippen molar-refractivity contribution < 1.29 is 8.42 Å². The minimum Gasteiger partial charge on any atom is -0.384 e. The average molecular weight is 244 g/mol. The summed E-state index contributed by atoms with van der Waals surface area (Å²) in [7, 11) is -1.45. The number of nitrogens with zero attached hydrogens (tertiary/aromatic N) is 2. The van der Waals surface area contributed by atoms with E-state index in [9.17, 15) is 8.42 Å². The quantitative estimate of drug-likeness (QED) is 0.752. The highest BCUT2D eigenvalue weighted by atomic mass is 32.2. The molecular formula is C9H16N4O2S. The molecule has 0 amide bonds. The molecule has 0 aliphatic heterocycles. The number of aryl methyl sites for hydroxylation is 1. The summed E-state index contributed by atoms with van der Waals surface area (Å²) in [6.07, 6.45) is 3.63. The maximum atomic E-state index is 11.6. The van der Waals surface area contributed by atoms with Crippen LogP contribution in [0.15, 0.2) is 6.20 Å². The van der Waals surface area contributed by atoms with Gasteiger partial charge in [0.05, 0.1) is 11.9 Å². The van der Waals surface area contributed by atoms with Gasteiger partial charge in [0.25, 0.3) is 0 Å². The highest BCUT2D eigenvalue weighted by Gasteiger charge is 2.27. The number of sulfonamides is 1. The van der Waals surface area contributed by atoms with Gasteiger partial charge in [-0.3, -0.25) is 4.68 Å². The van der Waals surface area contributed by atoms with E-state index in [-0.39, 0.29) is 12.3 Å². The third kappa shape index (κ3) is 2.73. The van der Waals surface area contributed by atoms with Crippen molar-refractivity contribution in [2.24, 2.45) is 13.0 Å². The van der Waals surface area contributed by atoms with E-state index in [1.165, 1.54) is 4.68 Å². The number of nitrogens with two attached hydrogens (primary N) is 1. The molecule has 0 unspecified atom stereocenters. The highest BCUT2D eigenvalue weighted by Crippen LogP contribution is 2.30. The molecule has 1 aromatic rings. The Balaban J connectivity index is 1.93. The SMILES string of the molecule is Cn1ncc(CNS(=O)(=O)CC2CC2)c1N. The van der Waals surface area contributed by atoms with E-state index in [1.54, 1.807) is 13.2 Å². The standard InChI is InChI=1S/C9H16N4O2S/c1-13-9(10)8(4-11-13)5-12-16(14,15)6-7-2-3-7/h4,7,12H,2-3,5-6,10H2,1H3. The zero-order valence-electron chi connectivity index (χ0n) is 9.18. The molecule has 1 fully saturated rings. The Morgan fingerprint density at radius 1 is 1.62 bits per heavy atom. The molecule has 0 spiro atoms. The summed E-state index contributed by atoms with van der Waals surface area (Å²) < 4.78 is 27.2. The number of rotatable bonds is 5. The lowest BCUT2D eigenvalue weighted by molar-refractivity contribution is 0.577. The molecule has 16 heavy (non-hydrogen) atoms. The lowest BCUT2D eigenvalue weighted by Gasteiger charge is -2.05. The molecule has 1 aromatic heterocycles. The largest absolute Gasteiger partial charge is 0.384 e. The topological polar surface area (TPSA) is 90.0 Å². The summed E-state index contributed by atoms with van der Waals surface area (Å²) in [6.45, 7) is 0.217. The second-order valence-corrected chi connectivity index (χ2v) is 6.08. The fourth-order valence-electron chi connectivity index (χ4n) is 1.47. The van der Waals surface area contributed by atoms with E-state index < -0.39 is 10.0 Å². The van der Waals surface area contributed by atoms with Crippen molar-refractivity contribution in [2.75, 3.05) is 11.5 Å². The van der Waals surface area contributed by atoms with Crippen LogP contribution >= 0.6 is 0 Å². The molecule has 0 radical (unpaired) electrons. The van der Waals surface area contributed by atoms with Gasteiger partial charge in [-0.05, 0) is 18.8 Å². The summed E-state index contributed by atoms with van der Waals surface area (Å²) in [5.41, 5.74) is 6.42. The summed E-state index contributed by atoms with van der Waals surface area (Å²) in [6, 6.07) is 0. The first-order valence-corrected chi connectivity index (χ1v) is 6.87. The molecular weight excluding hydrogens is 228 g/mol. The van der Waals surface area contributed by atoms with Crippen molar-refractivity contribution in [2.45, 2.75) is 19.4 Å². The van der Waals surface area contributed by atoms with E-state index in [4.69, 9.17) is 5.73 Å². The van der Waals surface area contributed by atoms with Gasteiger partial charge in [0.15, 0.2) is 0 Å². The molecule has 0 bridgehead atoms. The van der Waals surface area contributed by atoms with Gasteiger partial charge in [0.2, 0.25) is 10.0 Å². The maximum absolute atomic E-state index is 11.6. The molecule has 1 aliphatic carbocycles. The number of nitrogen functional groups attached to an aromatic ring is 1. The molecule has 2 rings (SSSR count). The molecule has 0 aromatic carbocycles. The predicted octanol–water partition coefficient (Wildman–Crippen LogP) is -0.168. The van der Waals surface area contributed by atoms with Crippen LogP contribution in [-0.4, -0.2) is 24.0 Å². The zero-order valence-corrected chi connectivity index (χ0v) is 10.00. The van der Waals surface area contributed by atoms with Gasteiger partial charge in [0.1, 0.15) is 5.82 Å². The fourth-order valence-corrected chi connectivity index (χ4v) is 2.92. The molecule has 1 heterocycles. The highest BCUT2D eigenvalue weighted by molar-refractivity contribution is 7.89. The minimum absolute atomic E-state index is 0.217. The van der Waals surface area contributed by atoms with Crippen molar-refractivity contribution in [3.63, 3.8) is 0 Å². The van der Waals surface area contributed by atoms with Crippen LogP contribution in [0.2, 0.25) is 0 Å². The number of anilines is 1. The van der Waals surface area contributed by atoms with Crippen LogP contribution in [0.4, 0.5) is 5.82 Å².